The van der Waals surface area contributed by atoms with Crippen molar-refractivity contribution in [1.82, 2.24) is 14.3 Å². The van der Waals surface area contributed by atoms with Gasteiger partial charge in [0.1, 0.15) is 6.33 Å². The smallest absolute Gasteiger partial charge is 0.243 e. The van der Waals surface area contributed by atoms with Crippen molar-refractivity contribution in [3.8, 4) is 0 Å². The van der Waals surface area contributed by atoms with E-state index in [-0.39, 0.29) is 10.8 Å². The summed E-state index contributed by atoms with van der Waals surface area (Å²) in [7, 11) is -3.49. The highest BCUT2D eigenvalue weighted by Gasteiger charge is 2.31. The molecule has 5 nitrogen and oxygen atoms in total. The molecule has 1 aromatic heterocycles. The third-order valence-electron chi connectivity index (χ3n) is 3.86. The summed E-state index contributed by atoms with van der Waals surface area (Å²) in [6.45, 7) is 0.981. The lowest BCUT2D eigenvalue weighted by Crippen LogP contribution is -2.39. The molecule has 0 radical (unpaired) electrons. The SMILES string of the molecule is O=S(=O)(c1ccc(Cl)cc1)N1CCCC(c2ccncn2)C1. The molecule has 2 aromatic rings. The van der Waals surface area contributed by atoms with Crippen LogP contribution in [0.1, 0.15) is 24.5 Å². The minimum Gasteiger partial charge on any atom is -0.245 e. The van der Waals surface area contributed by atoms with Gasteiger partial charge in [-0.1, -0.05) is 11.6 Å². The van der Waals surface area contributed by atoms with E-state index in [1.807, 2.05) is 6.07 Å². The monoisotopic (exact) mass is 337 g/mol. The summed E-state index contributed by atoms with van der Waals surface area (Å²) >= 11 is 5.83. The van der Waals surface area contributed by atoms with Gasteiger partial charge in [-0.3, -0.25) is 0 Å². The lowest BCUT2D eigenvalue weighted by molar-refractivity contribution is 0.312. The number of benzene rings is 1. The number of sulfonamides is 1. The van der Waals surface area contributed by atoms with Crippen LogP contribution in [0.4, 0.5) is 0 Å². The van der Waals surface area contributed by atoms with Gasteiger partial charge in [0.2, 0.25) is 10.0 Å². The maximum absolute atomic E-state index is 12.7. The molecule has 0 N–H and O–H groups in total. The largest absolute Gasteiger partial charge is 0.245 e. The maximum Gasteiger partial charge on any atom is 0.243 e. The van der Waals surface area contributed by atoms with Gasteiger partial charge in [-0.15, -0.1) is 0 Å². The molecule has 1 saturated heterocycles. The summed E-state index contributed by atoms with van der Waals surface area (Å²) in [6.07, 6.45) is 4.95. The van der Waals surface area contributed by atoms with Gasteiger partial charge in [0.25, 0.3) is 0 Å². The number of halogens is 1. The molecule has 0 amide bonds. The van der Waals surface area contributed by atoms with E-state index in [0.717, 1.165) is 18.5 Å². The van der Waals surface area contributed by atoms with Crippen LogP contribution in [0.2, 0.25) is 5.02 Å². The average Bonchev–Trinajstić information content (AvgIpc) is 2.56. The number of hydrogen-bond donors (Lipinski definition) is 0. The molecule has 1 fully saturated rings. The average molecular weight is 338 g/mol. The van der Waals surface area contributed by atoms with Crippen LogP contribution in [-0.4, -0.2) is 35.8 Å². The van der Waals surface area contributed by atoms with Crippen LogP contribution in [0.5, 0.6) is 0 Å². The van der Waals surface area contributed by atoms with Gasteiger partial charge >= 0.3 is 0 Å². The summed E-state index contributed by atoms with van der Waals surface area (Å²) in [4.78, 5) is 8.44. The van der Waals surface area contributed by atoms with E-state index in [1.54, 1.807) is 30.5 Å². The third kappa shape index (κ3) is 3.14. The summed E-state index contributed by atoms with van der Waals surface area (Å²) in [6, 6.07) is 8.14. The molecular weight excluding hydrogens is 322 g/mol. The van der Waals surface area contributed by atoms with Crippen molar-refractivity contribution in [1.29, 1.82) is 0 Å². The van der Waals surface area contributed by atoms with Crippen LogP contribution < -0.4 is 0 Å². The predicted octanol–water partition coefficient (Wildman–Crippen LogP) is 2.70. The van der Waals surface area contributed by atoms with Gasteiger partial charge in [-0.25, -0.2) is 18.4 Å². The Labute approximate surface area is 135 Å². The molecule has 22 heavy (non-hydrogen) atoms. The van der Waals surface area contributed by atoms with Crippen molar-refractivity contribution >= 4 is 21.6 Å². The van der Waals surface area contributed by atoms with Crippen molar-refractivity contribution < 1.29 is 8.42 Å². The van der Waals surface area contributed by atoms with Crippen LogP contribution in [0, 0.1) is 0 Å². The molecule has 7 heteroatoms. The van der Waals surface area contributed by atoms with Crippen LogP contribution in [0.15, 0.2) is 47.8 Å². The Morgan fingerprint density at radius 2 is 1.95 bits per heavy atom. The van der Waals surface area contributed by atoms with E-state index >= 15 is 0 Å². The van der Waals surface area contributed by atoms with Gasteiger partial charge in [-0.05, 0) is 43.2 Å². The first-order valence-electron chi connectivity index (χ1n) is 7.09. The van der Waals surface area contributed by atoms with E-state index in [2.05, 4.69) is 9.97 Å². The fourth-order valence-electron chi connectivity index (χ4n) is 2.70. The van der Waals surface area contributed by atoms with Crippen molar-refractivity contribution in [3.63, 3.8) is 0 Å². The Bertz CT molecular complexity index is 735. The molecule has 1 aromatic carbocycles. The lowest BCUT2D eigenvalue weighted by Gasteiger charge is -2.31. The molecule has 2 heterocycles. The minimum atomic E-state index is -3.49. The second-order valence-electron chi connectivity index (χ2n) is 5.29. The second-order valence-corrected chi connectivity index (χ2v) is 7.66. The van der Waals surface area contributed by atoms with Gasteiger partial charge in [0.15, 0.2) is 0 Å². The first-order chi connectivity index (χ1) is 10.6. The van der Waals surface area contributed by atoms with E-state index in [0.29, 0.717) is 18.1 Å². The van der Waals surface area contributed by atoms with Crippen molar-refractivity contribution in [2.24, 2.45) is 0 Å². The lowest BCUT2D eigenvalue weighted by atomic mass is 9.96. The first-order valence-corrected chi connectivity index (χ1v) is 8.91. The summed E-state index contributed by atoms with van der Waals surface area (Å²) in [5.41, 5.74) is 0.894. The highest BCUT2D eigenvalue weighted by molar-refractivity contribution is 7.89. The zero-order valence-electron chi connectivity index (χ0n) is 11.9. The van der Waals surface area contributed by atoms with Crippen LogP contribution >= 0.6 is 11.6 Å². The Morgan fingerprint density at radius 1 is 1.18 bits per heavy atom. The van der Waals surface area contributed by atoms with Crippen molar-refractivity contribution in [3.05, 3.63) is 53.6 Å². The Balaban J connectivity index is 1.83. The zero-order valence-corrected chi connectivity index (χ0v) is 13.5. The van der Waals surface area contributed by atoms with E-state index in [4.69, 9.17) is 11.6 Å². The zero-order chi connectivity index (χ0) is 15.6. The Morgan fingerprint density at radius 3 is 2.64 bits per heavy atom. The number of nitrogens with zero attached hydrogens (tertiary/aromatic N) is 3. The van der Waals surface area contributed by atoms with Gasteiger partial charge in [0.05, 0.1) is 4.90 Å². The van der Waals surface area contributed by atoms with Gasteiger partial charge < -0.3 is 0 Å². The highest BCUT2D eigenvalue weighted by atomic mass is 35.5. The molecule has 1 aliphatic heterocycles. The van der Waals surface area contributed by atoms with Gasteiger partial charge in [-0.2, -0.15) is 4.31 Å². The quantitative estimate of drug-likeness (QED) is 0.863. The third-order valence-corrected chi connectivity index (χ3v) is 5.99. The number of aromatic nitrogens is 2. The molecule has 1 aliphatic rings. The molecule has 1 unspecified atom stereocenters. The number of hydrogen-bond acceptors (Lipinski definition) is 4. The minimum absolute atomic E-state index is 0.110. The number of rotatable bonds is 3. The van der Waals surface area contributed by atoms with E-state index in [9.17, 15) is 8.42 Å². The molecule has 0 saturated carbocycles. The van der Waals surface area contributed by atoms with Crippen molar-refractivity contribution in [2.75, 3.05) is 13.1 Å². The van der Waals surface area contributed by atoms with Crippen LogP contribution in [-0.2, 0) is 10.0 Å². The fourth-order valence-corrected chi connectivity index (χ4v) is 4.35. The molecular formula is C15H16ClN3O2S. The summed E-state index contributed by atoms with van der Waals surface area (Å²) in [5.74, 6) is 0.110. The Kier molecular flexibility index (Phi) is 4.42. The normalized spacial score (nSPS) is 20.0. The molecule has 1 atom stereocenters. The molecule has 0 spiro atoms. The molecule has 0 aliphatic carbocycles. The predicted molar refractivity (Wildman–Crippen MR) is 84.2 cm³/mol. The first kappa shape index (κ1) is 15.4. The van der Waals surface area contributed by atoms with Crippen molar-refractivity contribution in [2.45, 2.75) is 23.7 Å². The number of piperidine rings is 1. The van der Waals surface area contributed by atoms with Crippen LogP contribution in [0.25, 0.3) is 0 Å². The topological polar surface area (TPSA) is 63.2 Å². The molecule has 0 bridgehead atoms. The molecule has 116 valence electrons. The van der Waals surface area contributed by atoms with E-state index < -0.39 is 10.0 Å². The van der Waals surface area contributed by atoms with Crippen LogP contribution in [0.3, 0.4) is 0 Å². The fraction of sp³-hybridized carbons (Fsp3) is 0.333. The maximum atomic E-state index is 12.7. The second kappa shape index (κ2) is 6.32. The van der Waals surface area contributed by atoms with Gasteiger partial charge in [0, 0.05) is 35.9 Å². The summed E-state index contributed by atoms with van der Waals surface area (Å²) in [5, 5.41) is 0.524. The highest BCUT2D eigenvalue weighted by Crippen LogP contribution is 2.29. The summed E-state index contributed by atoms with van der Waals surface area (Å²) < 4.78 is 27.0. The standard InChI is InChI=1S/C15H16ClN3O2S/c16-13-3-5-14(6-4-13)22(20,21)19-9-1-2-12(10-19)15-7-8-17-11-18-15/h3-8,11-12H,1-2,9-10H2. The Hall–Kier alpha value is -1.50. The van der Waals surface area contributed by atoms with E-state index in [1.165, 1.54) is 10.6 Å². The molecule has 3 rings (SSSR count).